The number of halogens is 2. The summed E-state index contributed by atoms with van der Waals surface area (Å²) >= 11 is 3.34. The Morgan fingerprint density at radius 1 is 1.30 bits per heavy atom. The molecule has 1 atom stereocenters. The fourth-order valence-electron chi connectivity index (χ4n) is 2.22. The van der Waals surface area contributed by atoms with Gasteiger partial charge in [-0.2, -0.15) is 0 Å². The van der Waals surface area contributed by atoms with Gasteiger partial charge in [0.2, 0.25) is 0 Å². The number of nitrogens with two attached hydrogens (primary N) is 1. The highest BCUT2D eigenvalue weighted by Crippen LogP contribution is 2.30. The smallest absolute Gasteiger partial charge is 0.142 e. The number of ether oxygens (including phenoxy) is 2. The summed E-state index contributed by atoms with van der Waals surface area (Å²) < 4.78 is 25.4. The fraction of sp³-hybridized carbons (Fsp3) is 0.200. The highest BCUT2D eigenvalue weighted by Gasteiger charge is 2.24. The first-order valence-electron chi connectivity index (χ1n) is 6.25. The number of fused-ring (bicyclic) bond motifs is 1. The molecule has 2 N–H and O–H groups in total. The first-order valence-corrected chi connectivity index (χ1v) is 7.04. The number of benzene rings is 2. The van der Waals surface area contributed by atoms with Crippen molar-refractivity contribution in [3.05, 3.63) is 52.3 Å². The third-order valence-electron chi connectivity index (χ3n) is 3.16. The van der Waals surface area contributed by atoms with Crippen molar-refractivity contribution in [3.8, 4) is 11.5 Å². The Labute approximate surface area is 124 Å². The molecular formula is C15H13BrFNO2. The van der Waals surface area contributed by atoms with Gasteiger partial charge >= 0.3 is 0 Å². The van der Waals surface area contributed by atoms with E-state index in [0.717, 1.165) is 15.8 Å². The van der Waals surface area contributed by atoms with E-state index in [1.165, 1.54) is 12.1 Å². The van der Waals surface area contributed by atoms with Crippen molar-refractivity contribution >= 4 is 21.6 Å². The molecule has 0 amide bonds. The third kappa shape index (κ3) is 2.72. The average molecular weight is 338 g/mol. The fourth-order valence-corrected chi connectivity index (χ4v) is 2.59. The summed E-state index contributed by atoms with van der Waals surface area (Å²) in [6.45, 7) is 0.377. The Hall–Kier alpha value is -1.75. The van der Waals surface area contributed by atoms with E-state index >= 15 is 0 Å². The molecule has 5 heteroatoms. The number of hydrogen-bond acceptors (Lipinski definition) is 3. The monoisotopic (exact) mass is 337 g/mol. The van der Waals surface area contributed by atoms with Crippen LogP contribution in [0.5, 0.6) is 11.5 Å². The van der Waals surface area contributed by atoms with E-state index in [4.69, 9.17) is 15.2 Å². The molecule has 104 valence electrons. The zero-order valence-corrected chi connectivity index (χ0v) is 12.2. The quantitative estimate of drug-likeness (QED) is 0.871. The van der Waals surface area contributed by atoms with Gasteiger partial charge in [0.25, 0.3) is 0 Å². The first-order chi connectivity index (χ1) is 9.61. The molecule has 0 saturated heterocycles. The van der Waals surface area contributed by atoms with Gasteiger partial charge in [0.1, 0.15) is 30.0 Å². The predicted octanol–water partition coefficient (Wildman–Crippen LogP) is 3.55. The summed E-state index contributed by atoms with van der Waals surface area (Å²) in [6.07, 6.45) is 0.527. The van der Waals surface area contributed by atoms with Gasteiger partial charge in [0.15, 0.2) is 0 Å². The Kier molecular flexibility index (Phi) is 3.53. The largest absolute Gasteiger partial charge is 0.488 e. The Morgan fingerprint density at radius 2 is 2.15 bits per heavy atom. The van der Waals surface area contributed by atoms with Crippen LogP contribution in [0.4, 0.5) is 10.1 Å². The molecular weight excluding hydrogens is 325 g/mol. The minimum atomic E-state index is -0.244. The van der Waals surface area contributed by atoms with Gasteiger partial charge in [-0.25, -0.2) is 4.39 Å². The lowest BCUT2D eigenvalue weighted by Gasteiger charge is -2.13. The molecule has 1 heterocycles. The van der Waals surface area contributed by atoms with E-state index in [9.17, 15) is 4.39 Å². The van der Waals surface area contributed by atoms with Crippen molar-refractivity contribution in [2.45, 2.75) is 12.5 Å². The van der Waals surface area contributed by atoms with Crippen LogP contribution in [-0.2, 0) is 6.42 Å². The Morgan fingerprint density at radius 3 is 2.95 bits per heavy atom. The molecule has 20 heavy (non-hydrogen) atoms. The molecule has 0 fully saturated rings. The molecule has 3 nitrogen and oxygen atoms in total. The van der Waals surface area contributed by atoms with Crippen LogP contribution in [0.3, 0.4) is 0 Å². The van der Waals surface area contributed by atoms with Gasteiger partial charge in [0.05, 0.1) is 5.69 Å². The molecule has 1 unspecified atom stereocenters. The van der Waals surface area contributed by atoms with Crippen molar-refractivity contribution in [1.29, 1.82) is 0 Å². The molecule has 2 aromatic rings. The van der Waals surface area contributed by atoms with Crippen LogP contribution in [0.1, 0.15) is 5.56 Å². The maximum atomic E-state index is 13.1. The van der Waals surface area contributed by atoms with Crippen LogP contribution in [0.15, 0.2) is 40.9 Å². The topological polar surface area (TPSA) is 44.5 Å². The number of rotatable bonds is 3. The zero-order valence-electron chi connectivity index (χ0n) is 10.6. The molecule has 0 spiro atoms. The normalized spacial score (nSPS) is 16.6. The van der Waals surface area contributed by atoms with Crippen molar-refractivity contribution in [3.63, 3.8) is 0 Å². The first kappa shape index (κ1) is 13.2. The summed E-state index contributed by atoms with van der Waals surface area (Å²) in [5.41, 5.74) is 7.31. The average Bonchev–Trinajstić information content (AvgIpc) is 2.79. The second kappa shape index (κ2) is 5.32. The number of nitrogen functional groups attached to an aromatic ring is 1. The molecule has 1 aliphatic heterocycles. The van der Waals surface area contributed by atoms with Crippen LogP contribution in [0, 0.1) is 5.82 Å². The highest BCUT2D eigenvalue weighted by molar-refractivity contribution is 9.10. The maximum Gasteiger partial charge on any atom is 0.142 e. The summed E-state index contributed by atoms with van der Waals surface area (Å²) in [7, 11) is 0. The lowest BCUT2D eigenvalue weighted by molar-refractivity contribution is 0.149. The molecule has 2 aromatic carbocycles. The minimum Gasteiger partial charge on any atom is -0.488 e. The summed E-state index contributed by atoms with van der Waals surface area (Å²) in [6, 6.07) is 10.0. The van der Waals surface area contributed by atoms with Crippen LogP contribution >= 0.6 is 15.9 Å². The molecule has 0 aromatic heterocycles. The molecule has 0 saturated carbocycles. The minimum absolute atomic E-state index is 0.116. The molecule has 1 aliphatic rings. The van der Waals surface area contributed by atoms with Gasteiger partial charge in [-0.05, 0) is 36.4 Å². The molecule has 3 rings (SSSR count). The number of anilines is 1. The SMILES string of the molecule is Nc1cc(Br)ccc1OCC1Cc2cc(F)ccc2O1. The molecule has 0 radical (unpaired) electrons. The summed E-state index contributed by atoms with van der Waals surface area (Å²) in [5, 5.41) is 0. The van der Waals surface area contributed by atoms with Crippen LogP contribution < -0.4 is 15.2 Å². The van der Waals surface area contributed by atoms with Crippen LogP contribution in [-0.4, -0.2) is 12.7 Å². The van der Waals surface area contributed by atoms with Crippen molar-refractivity contribution in [2.75, 3.05) is 12.3 Å². The lowest BCUT2D eigenvalue weighted by Crippen LogP contribution is -2.22. The maximum absolute atomic E-state index is 13.1. The van der Waals surface area contributed by atoms with Crippen LogP contribution in [0.2, 0.25) is 0 Å². The van der Waals surface area contributed by atoms with E-state index in [-0.39, 0.29) is 11.9 Å². The molecule has 0 bridgehead atoms. The zero-order chi connectivity index (χ0) is 14.1. The van der Waals surface area contributed by atoms with E-state index < -0.39 is 0 Å². The standard InChI is InChI=1S/C15H13BrFNO2/c16-10-1-3-15(13(18)7-10)19-8-12-6-9-5-11(17)2-4-14(9)20-12/h1-5,7,12H,6,8,18H2. The lowest BCUT2D eigenvalue weighted by atomic mass is 10.1. The van der Waals surface area contributed by atoms with Gasteiger partial charge < -0.3 is 15.2 Å². The molecule has 0 aliphatic carbocycles. The highest BCUT2D eigenvalue weighted by atomic mass is 79.9. The van der Waals surface area contributed by atoms with Crippen molar-refractivity contribution in [2.24, 2.45) is 0 Å². The summed E-state index contributed by atoms with van der Waals surface area (Å²) in [5.74, 6) is 1.11. The Balaban J connectivity index is 1.63. The van der Waals surface area contributed by atoms with E-state index in [1.54, 1.807) is 18.2 Å². The van der Waals surface area contributed by atoms with Gasteiger partial charge in [0, 0.05) is 16.5 Å². The number of hydrogen-bond donors (Lipinski definition) is 1. The van der Waals surface area contributed by atoms with E-state index in [0.29, 0.717) is 24.5 Å². The second-order valence-electron chi connectivity index (χ2n) is 4.69. The third-order valence-corrected chi connectivity index (χ3v) is 3.65. The van der Waals surface area contributed by atoms with Crippen molar-refractivity contribution < 1.29 is 13.9 Å². The van der Waals surface area contributed by atoms with Crippen LogP contribution in [0.25, 0.3) is 0 Å². The Bertz CT molecular complexity index is 648. The summed E-state index contributed by atoms with van der Waals surface area (Å²) in [4.78, 5) is 0. The van der Waals surface area contributed by atoms with Gasteiger partial charge in [-0.1, -0.05) is 15.9 Å². The van der Waals surface area contributed by atoms with Gasteiger partial charge in [-0.15, -0.1) is 0 Å². The van der Waals surface area contributed by atoms with Crippen molar-refractivity contribution in [1.82, 2.24) is 0 Å². The second-order valence-corrected chi connectivity index (χ2v) is 5.60. The predicted molar refractivity (Wildman–Crippen MR) is 78.6 cm³/mol. The van der Waals surface area contributed by atoms with E-state index in [1.807, 2.05) is 6.07 Å². The van der Waals surface area contributed by atoms with Gasteiger partial charge in [-0.3, -0.25) is 0 Å². The van der Waals surface area contributed by atoms with E-state index in [2.05, 4.69) is 15.9 Å².